The van der Waals surface area contributed by atoms with Crippen LogP contribution in [-0.4, -0.2) is 55.0 Å². The first-order valence-corrected chi connectivity index (χ1v) is 11.7. The van der Waals surface area contributed by atoms with E-state index in [1.165, 1.54) is 0 Å². The van der Waals surface area contributed by atoms with Gasteiger partial charge in [-0.3, -0.25) is 4.79 Å². The van der Waals surface area contributed by atoms with Gasteiger partial charge in [-0.2, -0.15) is 0 Å². The number of carbonyl (C=O) groups is 3. The molecular weight excluding hydrogens is 436 g/mol. The van der Waals surface area contributed by atoms with E-state index < -0.39 is 24.2 Å². The van der Waals surface area contributed by atoms with Crippen molar-refractivity contribution in [1.82, 2.24) is 10.6 Å². The van der Waals surface area contributed by atoms with Gasteiger partial charge in [-0.25, -0.2) is 9.59 Å². The third-order valence-corrected chi connectivity index (χ3v) is 6.53. The van der Waals surface area contributed by atoms with Crippen molar-refractivity contribution in [3.63, 3.8) is 0 Å². The zero-order chi connectivity index (χ0) is 24.1. The van der Waals surface area contributed by atoms with Crippen molar-refractivity contribution in [3.05, 3.63) is 59.7 Å². The minimum Gasteiger partial charge on any atom is -0.479 e. The molecule has 8 heteroatoms. The molecule has 2 aliphatic rings. The lowest BCUT2D eigenvalue weighted by atomic mass is 9.98. The highest BCUT2D eigenvalue weighted by Gasteiger charge is 2.35. The number of carbonyl (C=O) groups excluding carboxylic acids is 2. The smallest absolute Gasteiger partial charge is 0.407 e. The molecule has 0 aromatic heterocycles. The zero-order valence-electron chi connectivity index (χ0n) is 19.2. The second-order valence-electron chi connectivity index (χ2n) is 8.73. The maximum atomic E-state index is 12.7. The second kappa shape index (κ2) is 10.7. The van der Waals surface area contributed by atoms with Gasteiger partial charge < -0.3 is 25.2 Å². The van der Waals surface area contributed by atoms with Gasteiger partial charge >= 0.3 is 12.1 Å². The molecule has 4 rings (SSSR count). The Bertz CT molecular complexity index is 1010. The first-order chi connectivity index (χ1) is 16.5. The van der Waals surface area contributed by atoms with Crippen LogP contribution in [0.1, 0.15) is 43.2 Å². The quantitative estimate of drug-likeness (QED) is 0.523. The summed E-state index contributed by atoms with van der Waals surface area (Å²) < 4.78 is 10.8. The summed E-state index contributed by atoms with van der Waals surface area (Å²) in [6.07, 6.45) is 0.129. The standard InChI is InChI=1S/C26H30N2O6/c1-2-7-22(24(29)27-14-16-12-13-33-23(16)25(30)31)28-26(32)34-15-21-19-10-5-3-8-17(19)18-9-4-6-11-20(18)21/h3-6,8-11,16,21-23H,2,7,12-15H2,1H3,(H,27,29)(H,28,32)(H,30,31)/t16-,22?,23-/m0/s1. The maximum absolute atomic E-state index is 12.7. The number of alkyl carbamates (subject to hydrolysis) is 1. The van der Waals surface area contributed by atoms with Crippen LogP contribution in [0.25, 0.3) is 11.1 Å². The Hall–Kier alpha value is -3.39. The van der Waals surface area contributed by atoms with Crippen LogP contribution in [0.15, 0.2) is 48.5 Å². The number of hydrogen-bond donors (Lipinski definition) is 3. The van der Waals surface area contributed by atoms with Crippen molar-refractivity contribution in [2.45, 2.75) is 44.2 Å². The Morgan fingerprint density at radius 2 is 1.74 bits per heavy atom. The van der Waals surface area contributed by atoms with Crippen molar-refractivity contribution in [2.24, 2.45) is 5.92 Å². The summed E-state index contributed by atoms with van der Waals surface area (Å²) in [6, 6.07) is 15.4. The van der Waals surface area contributed by atoms with Crippen LogP contribution in [0, 0.1) is 5.92 Å². The van der Waals surface area contributed by atoms with Gasteiger partial charge in [-0.05, 0) is 35.1 Å². The first kappa shape index (κ1) is 23.8. The van der Waals surface area contributed by atoms with Gasteiger partial charge in [0.15, 0.2) is 6.10 Å². The van der Waals surface area contributed by atoms with Crippen LogP contribution in [0.4, 0.5) is 4.79 Å². The van der Waals surface area contributed by atoms with Crippen molar-refractivity contribution in [2.75, 3.05) is 19.8 Å². The van der Waals surface area contributed by atoms with Gasteiger partial charge in [-0.15, -0.1) is 0 Å². The van der Waals surface area contributed by atoms with E-state index >= 15 is 0 Å². The van der Waals surface area contributed by atoms with E-state index in [-0.39, 0.29) is 30.9 Å². The van der Waals surface area contributed by atoms with Gasteiger partial charge in [0.25, 0.3) is 0 Å². The number of hydrogen-bond acceptors (Lipinski definition) is 5. The summed E-state index contributed by atoms with van der Waals surface area (Å²) in [6.45, 7) is 2.63. The van der Waals surface area contributed by atoms with Crippen LogP contribution in [0.5, 0.6) is 0 Å². The van der Waals surface area contributed by atoms with Crippen molar-refractivity contribution in [3.8, 4) is 11.1 Å². The number of benzene rings is 2. The van der Waals surface area contributed by atoms with Gasteiger partial charge in [0.2, 0.25) is 5.91 Å². The molecule has 180 valence electrons. The molecular formula is C26H30N2O6. The Balaban J connectivity index is 1.33. The van der Waals surface area contributed by atoms with E-state index in [0.717, 1.165) is 22.3 Å². The molecule has 0 spiro atoms. The van der Waals surface area contributed by atoms with Gasteiger partial charge in [-0.1, -0.05) is 61.9 Å². The molecule has 1 heterocycles. The minimum absolute atomic E-state index is 0.0630. The number of nitrogens with one attached hydrogen (secondary N) is 2. The molecule has 2 aromatic rings. The Kier molecular flexibility index (Phi) is 7.47. The molecule has 0 bridgehead atoms. The third-order valence-electron chi connectivity index (χ3n) is 6.53. The average molecular weight is 467 g/mol. The lowest BCUT2D eigenvalue weighted by Crippen LogP contribution is -2.48. The molecule has 1 saturated heterocycles. The number of aliphatic carboxylic acids is 1. The van der Waals surface area contributed by atoms with Crippen LogP contribution in [0.2, 0.25) is 0 Å². The van der Waals surface area contributed by atoms with E-state index in [4.69, 9.17) is 9.47 Å². The topological polar surface area (TPSA) is 114 Å². The first-order valence-electron chi connectivity index (χ1n) is 11.7. The summed E-state index contributed by atoms with van der Waals surface area (Å²) in [5.41, 5.74) is 4.52. The molecule has 1 aliphatic carbocycles. The number of carboxylic acids is 1. The number of rotatable bonds is 9. The molecule has 2 amide bonds. The number of amides is 2. The SMILES string of the molecule is CCCC(NC(=O)OCC1c2ccccc2-c2ccccc21)C(=O)NC[C@@H]1CCO[C@@H]1C(=O)O. The Morgan fingerprint density at radius 3 is 2.35 bits per heavy atom. The summed E-state index contributed by atoms with van der Waals surface area (Å²) in [5, 5.41) is 14.7. The highest BCUT2D eigenvalue weighted by molar-refractivity contribution is 5.86. The summed E-state index contributed by atoms with van der Waals surface area (Å²) >= 11 is 0. The fraction of sp³-hybridized carbons (Fsp3) is 0.423. The average Bonchev–Trinajstić information content (AvgIpc) is 3.44. The monoisotopic (exact) mass is 466 g/mol. The van der Waals surface area contributed by atoms with Crippen molar-refractivity contribution >= 4 is 18.0 Å². The lowest BCUT2D eigenvalue weighted by Gasteiger charge is -2.21. The largest absolute Gasteiger partial charge is 0.479 e. The minimum atomic E-state index is -1.03. The van der Waals surface area contributed by atoms with E-state index in [1.54, 1.807) is 0 Å². The van der Waals surface area contributed by atoms with Crippen molar-refractivity contribution < 1.29 is 29.0 Å². The molecule has 0 saturated carbocycles. The van der Waals surface area contributed by atoms with Crippen LogP contribution in [0.3, 0.4) is 0 Å². The van der Waals surface area contributed by atoms with Crippen LogP contribution in [-0.2, 0) is 19.1 Å². The molecule has 34 heavy (non-hydrogen) atoms. The van der Waals surface area contributed by atoms with E-state index in [2.05, 4.69) is 22.8 Å². The second-order valence-corrected chi connectivity index (χ2v) is 8.73. The number of fused-ring (bicyclic) bond motifs is 3. The van der Waals surface area contributed by atoms with Crippen LogP contribution >= 0.6 is 0 Å². The fourth-order valence-corrected chi connectivity index (χ4v) is 4.81. The van der Waals surface area contributed by atoms with Crippen molar-refractivity contribution in [1.29, 1.82) is 0 Å². The molecule has 1 aliphatic heterocycles. The molecule has 1 fully saturated rings. The van der Waals surface area contributed by atoms with Gasteiger partial charge in [0.1, 0.15) is 12.6 Å². The highest BCUT2D eigenvalue weighted by Crippen LogP contribution is 2.44. The summed E-state index contributed by atoms with van der Waals surface area (Å²) in [7, 11) is 0. The maximum Gasteiger partial charge on any atom is 0.407 e. The Labute approximate surface area is 198 Å². The van der Waals surface area contributed by atoms with Gasteiger partial charge in [0, 0.05) is 25.0 Å². The number of carboxylic acid groups (broad SMARTS) is 1. The Morgan fingerprint density at radius 1 is 1.09 bits per heavy atom. The molecule has 2 aromatic carbocycles. The highest BCUT2D eigenvalue weighted by atomic mass is 16.5. The van der Waals surface area contributed by atoms with E-state index in [1.807, 2.05) is 43.3 Å². The normalized spacial score (nSPS) is 19.7. The molecule has 8 nitrogen and oxygen atoms in total. The zero-order valence-corrected chi connectivity index (χ0v) is 19.2. The number of ether oxygens (including phenoxy) is 2. The molecule has 1 unspecified atom stereocenters. The van der Waals surface area contributed by atoms with E-state index in [9.17, 15) is 19.5 Å². The predicted molar refractivity (Wildman–Crippen MR) is 125 cm³/mol. The lowest BCUT2D eigenvalue weighted by molar-refractivity contribution is -0.149. The summed E-state index contributed by atoms with van der Waals surface area (Å²) in [5.74, 6) is -1.74. The predicted octanol–water partition coefficient (Wildman–Crippen LogP) is 3.30. The fourth-order valence-electron chi connectivity index (χ4n) is 4.81. The van der Waals surface area contributed by atoms with Gasteiger partial charge in [0.05, 0.1) is 0 Å². The molecule has 3 N–H and O–H groups in total. The summed E-state index contributed by atoms with van der Waals surface area (Å²) in [4.78, 5) is 36.6. The van der Waals surface area contributed by atoms with Crippen LogP contribution < -0.4 is 10.6 Å². The third kappa shape index (κ3) is 5.07. The molecule has 0 radical (unpaired) electrons. The van der Waals surface area contributed by atoms with E-state index in [0.29, 0.717) is 25.9 Å². The molecule has 3 atom stereocenters.